The van der Waals surface area contributed by atoms with Crippen molar-refractivity contribution in [3.8, 4) is 22.8 Å². The number of allylic oxidation sites excluding steroid dienone is 1. The van der Waals surface area contributed by atoms with E-state index in [1.54, 1.807) is 0 Å². The Morgan fingerprint density at radius 2 is 1.62 bits per heavy atom. The SMILES string of the molecule is C=C(C)Nc1cc(C2=NC(c3ccccc3)NN2)cc(-c2n[nH]c(-c3ccccc3)n2)c1. The number of aromatic amines is 1. The molecule has 1 unspecified atom stereocenters. The highest BCUT2D eigenvalue weighted by molar-refractivity contribution is 6.01. The van der Waals surface area contributed by atoms with Crippen molar-refractivity contribution in [3.63, 3.8) is 0 Å². The van der Waals surface area contributed by atoms with Gasteiger partial charge in [-0.25, -0.2) is 15.4 Å². The van der Waals surface area contributed by atoms with Gasteiger partial charge in [0.2, 0.25) is 0 Å². The van der Waals surface area contributed by atoms with E-state index >= 15 is 0 Å². The topological polar surface area (TPSA) is 90.0 Å². The number of hydrogen-bond donors (Lipinski definition) is 4. The molecule has 0 fully saturated rings. The van der Waals surface area contributed by atoms with Gasteiger partial charge in [0.15, 0.2) is 11.6 Å². The molecule has 1 aromatic heterocycles. The zero-order valence-electron chi connectivity index (χ0n) is 17.6. The Morgan fingerprint density at radius 3 is 2.38 bits per heavy atom. The largest absolute Gasteiger partial charge is 0.360 e. The van der Waals surface area contributed by atoms with Crippen LogP contribution < -0.4 is 16.2 Å². The molecule has 1 aliphatic heterocycles. The number of H-pyrrole nitrogens is 1. The number of hydrazine groups is 1. The van der Waals surface area contributed by atoms with Crippen LogP contribution in [0.2, 0.25) is 0 Å². The molecule has 4 aromatic rings. The first-order valence-electron chi connectivity index (χ1n) is 10.4. The summed E-state index contributed by atoms with van der Waals surface area (Å²) in [5.74, 6) is 2.09. The van der Waals surface area contributed by atoms with Crippen molar-refractivity contribution in [2.45, 2.75) is 13.1 Å². The summed E-state index contributed by atoms with van der Waals surface area (Å²) in [4.78, 5) is 9.54. The fraction of sp³-hybridized carbons (Fsp3) is 0.0800. The maximum absolute atomic E-state index is 4.83. The van der Waals surface area contributed by atoms with Crippen molar-refractivity contribution in [3.05, 3.63) is 102 Å². The number of nitrogens with zero attached hydrogens (tertiary/aromatic N) is 3. The number of aliphatic imine (C=N–C) groups is 1. The highest BCUT2D eigenvalue weighted by Gasteiger charge is 2.20. The maximum atomic E-state index is 4.83. The fourth-order valence-electron chi connectivity index (χ4n) is 3.60. The molecule has 1 aliphatic rings. The van der Waals surface area contributed by atoms with Gasteiger partial charge in [-0.05, 0) is 30.7 Å². The van der Waals surface area contributed by atoms with Gasteiger partial charge in [0.25, 0.3) is 0 Å². The predicted octanol–water partition coefficient (Wildman–Crippen LogP) is 4.64. The van der Waals surface area contributed by atoms with Gasteiger partial charge in [0.05, 0.1) is 0 Å². The minimum atomic E-state index is -0.152. The third-order valence-electron chi connectivity index (χ3n) is 5.06. The van der Waals surface area contributed by atoms with Crippen molar-refractivity contribution >= 4 is 11.5 Å². The zero-order chi connectivity index (χ0) is 21.9. The summed E-state index contributed by atoms with van der Waals surface area (Å²) in [6.07, 6.45) is -0.152. The van der Waals surface area contributed by atoms with E-state index < -0.39 is 0 Å². The molecule has 0 amide bonds. The van der Waals surface area contributed by atoms with Crippen LogP contribution in [0.15, 0.2) is 96.1 Å². The summed E-state index contributed by atoms with van der Waals surface area (Å²) in [5, 5.41) is 10.8. The first kappa shape index (κ1) is 19.7. The van der Waals surface area contributed by atoms with Crippen LogP contribution in [0.4, 0.5) is 5.69 Å². The molecule has 158 valence electrons. The molecule has 0 saturated heterocycles. The lowest BCUT2D eigenvalue weighted by Gasteiger charge is -2.10. The van der Waals surface area contributed by atoms with Crippen LogP contribution in [0.25, 0.3) is 22.8 Å². The van der Waals surface area contributed by atoms with Crippen molar-refractivity contribution < 1.29 is 0 Å². The number of aromatic nitrogens is 3. The van der Waals surface area contributed by atoms with E-state index in [1.807, 2.05) is 73.7 Å². The Hall–Kier alpha value is -4.23. The van der Waals surface area contributed by atoms with E-state index in [2.05, 4.69) is 45.1 Å². The van der Waals surface area contributed by atoms with Crippen LogP contribution in [0, 0.1) is 0 Å². The molecular weight excluding hydrogens is 398 g/mol. The van der Waals surface area contributed by atoms with E-state index in [0.29, 0.717) is 5.82 Å². The quantitative estimate of drug-likeness (QED) is 0.364. The predicted molar refractivity (Wildman–Crippen MR) is 128 cm³/mol. The van der Waals surface area contributed by atoms with Gasteiger partial charge in [-0.15, -0.1) is 0 Å². The summed E-state index contributed by atoms with van der Waals surface area (Å²) in [6, 6.07) is 26.1. The third kappa shape index (κ3) is 4.14. The first-order chi connectivity index (χ1) is 15.7. The second-order valence-corrected chi connectivity index (χ2v) is 7.64. The Bertz CT molecular complexity index is 1280. The van der Waals surface area contributed by atoms with Gasteiger partial charge >= 0.3 is 0 Å². The molecule has 7 nitrogen and oxygen atoms in total. The number of hydrogen-bond acceptors (Lipinski definition) is 6. The van der Waals surface area contributed by atoms with Crippen LogP contribution in [0.3, 0.4) is 0 Å². The van der Waals surface area contributed by atoms with Gasteiger partial charge in [0, 0.05) is 28.1 Å². The summed E-state index contributed by atoms with van der Waals surface area (Å²) >= 11 is 0. The van der Waals surface area contributed by atoms with Crippen LogP contribution in [-0.2, 0) is 0 Å². The van der Waals surface area contributed by atoms with Crippen molar-refractivity contribution in [2.24, 2.45) is 4.99 Å². The van der Waals surface area contributed by atoms with Gasteiger partial charge in [0.1, 0.15) is 12.0 Å². The Kier molecular flexibility index (Phi) is 5.23. The highest BCUT2D eigenvalue weighted by atomic mass is 15.5. The molecule has 7 heteroatoms. The van der Waals surface area contributed by atoms with Crippen LogP contribution in [0.1, 0.15) is 24.2 Å². The lowest BCUT2D eigenvalue weighted by Crippen LogP contribution is -2.31. The highest BCUT2D eigenvalue weighted by Crippen LogP contribution is 2.27. The molecule has 0 bridgehead atoms. The monoisotopic (exact) mass is 421 g/mol. The summed E-state index contributed by atoms with van der Waals surface area (Å²) in [5.41, 5.74) is 12.1. The zero-order valence-corrected chi connectivity index (χ0v) is 17.6. The van der Waals surface area contributed by atoms with Gasteiger partial charge < -0.3 is 10.7 Å². The summed E-state index contributed by atoms with van der Waals surface area (Å²) < 4.78 is 0. The van der Waals surface area contributed by atoms with E-state index in [-0.39, 0.29) is 6.17 Å². The van der Waals surface area contributed by atoms with Gasteiger partial charge in [-0.1, -0.05) is 67.2 Å². The second kappa shape index (κ2) is 8.49. The third-order valence-corrected chi connectivity index (χ3v) is 5.06. The Morgan fingerprint density at radius 1 is 0.906 bits per heavy atom. The number of rotatable bonds is 6. The van der Waals surface area contributed by atoms with Crippen LogP contribution in [0.5, 0.6) is 0 Å². The van der Waals surface area contributed by atoms with E-state index in [4.69, 9.17) is 9.98 Å². The van der Waals surface area contributed by atoms with Crippen molar-refractivity contribution in [2.75, 3.05) is 5.32 Å². The summed E-state index contributed by atoms with van der Waals surface area (Å²) in [6.45, 7) is 5.89. The molecule has 32 heavy (non-hydrogen) atoms. The average molecular weight is 422 g/mol. The molecule has 0 saturated carbocycles. The van der Waals surface area contributed by atoms with Gasteiger partial charge in [-0.2, -0.15) is 5.10 Å². The van der Waals surface area contributed by atoms with Gasteiger partial charge in [-0.3, -0.25) is 5.10 Å². The number of nitrogens with one attached hydrogen (secondary N) is 4. The Balaban J connectivity index is 1.51. The molecule has 4 N–H and O–H groups in total. The number of anilines is 1. The normalized spacial score (nSPS) is 15.2. The average Bonchev–Trinajstić information content (AvgIpc) is 3.50. The van der Waals surface area contributed by atoms with E-state index in [1.165, 1.54) is 0 Å². The molecule has 1 atom stereocenters. The van der Waals surface area contributed by atoms with E-state index in [9.17, 15) is 0 Å². The maximum Gasteiger partial charge on any atom is 0.181 e. The lowest BCUT2D eigenvalue weighted by molar-refractivity contribution is 0.575. The molecule has 2 heterocycles. The molecule has 0 aliphatic carbocycles. The molecule has 3 aromatic carbocycles. The summed E-state index contributed by atoms with van der Waals surface area (Å²) in [7, 11) is 0. The lowest BCUT2D eigenvalue weighted by atomic mass is 10.1. The first-order valence-corrected chi connectivity index (χ1v) is 10.4. The van der Waals surface area contributed by atoms with Crippen LogP contribution >= 0.6 is 0 Å². The van der Waals surface area contributed by atoms with Crippen molar-refractivity contribution in [1.29, 1.82) is 0 Å². The minimum Gasteiger partial charge on any atom is -0.360 e. The minimum absolute atomic E-state index is 0.152. The molecule has 0 radical (unpaired) electrons. The molecular formula is C25H23N7. The standard InChI is InChI=1S/C25H23N7/c1-16(2)26-21-14-19(24-27-22(29-31-24)17-9-5-3-6-10-17)13-20(15-21)25-28-23(30-32-25)18-11-7-4-8-12-18/h3-15,22,26,29H,1H2,2H3,(H,27,31)(H,28,30,32). The van der Waals surface area contributed by atoms with Crippen LogP contribution in [-0.4, -0.2) is 21.0 Å². The fourth-order valence-corrected chi connectivity index (χ4v) is 3.60. The second-order valence-electron chi connectivity index (χ2n) is 7.64. The smallest absolute Gasteiger partial charge is 0.181 e. The molecule has 5 rings (SSSR count). The Labute approximate surface area is 186 Å². The van der Waals surface area contributed by atoms with Crippen molar-refractivity contribution in [1.82, 2.24) is 26.0 Å². The molecule has 0 spiro atoms. The number of amidine groups is 1. The van der Waals surface area contributed by atoms with E-state index in [0.717, 1.165) is 45.3 Å². The number of benzene rings is 3.